The molecule has 11 heteroatoms. The lowest BCUT2D eigenvalue weighted by atomic mass is 9.85. The Bertz CT molecular complexity index is 1480. The van der Waals surface area contributed by atoms with E-state index in [0.29, 0.717) is 24.9 Å². The van der Waals surface area contributed by atoms with E-state index in [-0.39, 0.29) is 17.9 Å². The van der Waals surface area contributed by atoms with Crippen molar-refractivity contribution in [1.82, 2.24) is 44.6 Å². The van der Waals surface area contributed by atoms with Crippen LogP contribution in [0.3, 0.4) is 0 Å². The van der Waals surface area contributed by atoms with Crippen molar-refractivity contribution >= 4 is 28.5 Å². The van der Waals surface area contributed by atoms with Gasteiger partial charge in [-0.15, -0.1) is 15.3 Å². The Labute approximate surface area is 214 Å². The Hall–Kier alpha value is -4.15. The summed E-state index contributed by atoms with van der Waals surface area (Å²) >= 11 is 0. The molecule has 190 valence electrons. The number of nitrogens with one attached hydrogen (secondary N) is 1. The Morgan fingerprint density at radius 2 is 1.92 bits per heavy atom. The first kappa shape index (κ1) is 23.3. The van der Waals surface area contributed by atoms with Crippen LogP contribution in [0.25, 0.3) is 22.4 Å². The maximum atomic E-state index is 13.2. The summed E-state index contributed by atoms with van der Waals surface area (Å²) in [5.41, 5.74) is 3.59. The molecule has 0 saturated heterocycles. The van der Waals surface area contributed by atoms with Crippen molar-refractivity contribution in [3.05, 3.63) is 54.3 Å². The summed E-state index contributed by atoms with van der Waals surface area (Å²) in [6.45, 7) is 9.99. The minimum absolute atomic E-state index is 0.0462. The third kappa shape index (κ3) is 4.34. The number of carbonyl (C=O) groups is 1. The quantitative estimate of drug-likeness (QED) is 0.446. The molecule has 0 bridgehead atoms. The summed E-state index contributed by atoms with van der Waals surface area (Å²) in [6, 6.07) is 7.98. The second kappa shape index (κ2) is 9.38. The van der Waals surface area contributed by atoms with Crippen molar-refractivity contribution in [2.75, 3.05) is 11.9 Å². The highest BCUT2D eigenvalue weighted by molar-refractivity contribution is 5.88. The van der Waals surface area contributed by atoms with E-state index in [9.17, 15) is 4.79 Å². The smallest absolute Gasteiger partial charge is 0.226 e. The van der Waals surface area contributed by atoms with Gasteiger partial charge in [-0.3, -0.25) is 4.79 Å². The van der Waals surface area contributed by atoms with Gasteiger partial charge in [-0.1, -0.05) is 23.9 Å². The van der Waals surface area contributed by atoms with Gasteiger partial charge in [0, 0.05) is 42.9 Å². The number of amides is 1. The highest BCUT2D eigenvalue weighted by Gasteiger charge is 2.32. The van der Waals surface area contributed by atoms with Gasteiger partial charge in [0.2, 0.25) is 11.9 Å². The van der Waals surface area contributed by atoms with E-state index in [4.69, 9.17) is 4.98 Å². The number of allylic oxidation sites excluding steroid dienone is 1. The third-order valence-electron chi connectivity index (χ3n) is 7.45. The van der Waals surface area contributed by atoms with Crippen LogP contribution in [-0.2, 0) is 17.9 Å². The lowest BCUT2D eigenvalue weighted by molar-refractivity contribution is -0.138. The summed E-state index contributed by atoms with van der Waals surface area (Å²) in [7, 11) is 0. The lowest BCUT2D eigenvalue weighted by Gasteiger charge is -2.34. The number of hydrogen-bond acceptors (Lipinski definition) is 8. The van der Waals surface area contributed by atoms with Crippen LogP contribution in [0.1, 0.15) is 49.8 Å². The molecule has 0 unspecified atom stereocenters. The van der Waals surface area contributed by atoms with Gasteiger partial charge >= 0.3 is 0 Å². The Kier molecular flexibility index (Phi) is 5.90. The molecule has 1 saturated carbocycles. The zero-order chi connectivity index (χ0) is 25.5. The molecule has 11 nitrogen and oxygen atoms in total. The average molecular weight is 499 g/mol. The third-order valence-corrected chi connectivity index (χ3v) is 7.45. The predicted octanol–water partition coefficient (Wildman–Crippen LogP) is 3.16. The highest BCUT2D eigenvalue weighted by Crippen LogP contribution is 2.29. The zero-order valence-electron chi connectivity index (χ0n) is 21.1. The SMILES string of the molecule is C=C(C)c1cccc2c1nnn2-c1ccnc(N[C@H]2CC[C@H](C(=O)N3CCn4c(C)nnc4C3)CC2)n1. The first-order valence-electron chi connectivity index (χ1n) is 12.8. The fourth-order valence-corrected chi connectivity index (χ4v) is 5.41. The fourth-order valence-electron chi connectivity index (χ4n) is 5.41. The molecule has 1 fully saturated rings. The second-order valence-corrected chi connectivity index (χ2v) is 9.96. The van der Waals surface area contributed by atoms with Crippen molar-refractivity contribution in [1.29, 1.82) is 0 Å². The van der Waals surface area contributed by atoms with Crippen LogP contribution in [0.4, 0.5) is 5.95 Å². The van der Waals surface area contributed by atoms with Crippen molar-refractivity contribution in [2.24, 2.45) is 5.92 Å². The molecule has 4 aromatic rings. The van der Waals surface area contributed by atoms with Crippen LogP contribution >= 0.6 is 0 Å². The monoisotopic (exact) mass is 498 g/mol. The molecule has 0 radical (unpaired) electrons. The van der Waals surface area contributed by atoms with Gasteiger partial charge in [0.1, 0.15) is 11.3 Å². The van der Waals surface area contributed by atoms with Gasteiger partial charge in [0.05, 0.1) is 12.1 Å². The van der Waals surface area contributed by atoms with Crippen LogP contribution in [0, 0.1) is 12.8 Å². The van der Waals surface area contributed by atoms with Crippen LogP contribution < -0.4 is 5.32 Å². The molecule has 1 N–H and O–H groups in total. The molecule has 3 aromatic heterocycles. The van der Waals surface area contributed by atoms with E-state index in [1.807, 2.05) is 43.0 Å². The van der Waals surface area contributed by atoms with Gasteiger partial charge in [0.25, 0.3) is 0 Å². The summed E-state index contributed by atoms with van der Waals surface area (Å²) in [5.74, 6) is 3.27. The summed E-state index contributed by atoms with van der Waals surface area (Å²) in [4.78, 5) is 24.3. The molecule has 37 heavy (non-hydrogen) atoms. The van der Waals surface area contributed by atoms with Crippen LogP contribution in [0.5, 0.6) is 0 Å². The first-order chi connectivity index (χ1) is 18.0. The summed E-state index contributed by atoms with van der Waals surface area (Å²) in [5, 5.41) is 20.6. The van der Waals surface area contributed by atoms with Crippen molar-refractivity contribution in [3.63, 3.8) is 0 Å². The second-order valence-electron chi connectivity index (χ2n) is 9.96. The van der Waals surface area contributed by atoms with Crippen molar-refractivity contribution in [3.8, 4) is 5.82 Å². The standard InChI is InChI=1S/C26H30N10O/c1-16(2)20-5-4-6-21-24(20)32-33-36(21)22-11-12-27-26(29-22)28-19-9-7-18(8-10-19)25(37)34-13-14-35-17(3)30-31-23(35)15-34/h4-6,11-12,18-19H,1,7-10,13-15H2,2-3H3,(H,27,28,29)/t18-,19-. The molecule has 2 aliphatic rings. The summed E-state index contributed by atoms with van der Waals surface area (Å²) < 4.78 is 3.82. The van der Waals surface area contributed by atoms with E-state index in [0.717, 1.165) is 66.0 Å². The van der Waals surface area contributed by atoms with E-state index in [1.165, 1.54) is 0 Å². The fraction of sp³-hybridized carbons (Fsp3) is 0.423. The Morgan fingerprint density at radius 1 is 1.08 bits per heavy atom. The maximum absolute atomic E-state index is 13.2. The molecule has 1 aliphatic heterocycles. The number of hydrogen-bond donors (Lipinski definition) is 1. The van der Waals surface area contributed by atoms with Crippen LogP contribution in [-0.4, -0.2) is 63.1 Å². The number of aromatic nitrogens is 8. The van der Waals surface area contributed by atoms with E-state index in [1.54, 1.807) is 10.9 Å². The van der Waals surface area contributed by atoms with Gasteiger partial charge in [0.15, 0.2) is 11.6 Å². The maximum Gasteiger partial charge on any atom is 0.226 e. The molecule has 1 aliphatic carbocycles. The molecule has 0 spiro atoms. The number of fused-ring (bicyclic) bond motifs is 2. The molecule has 4 heterocycles. The molecule has 1 amide bonds. The number of benzene rings is 1. The minimum atomic E-state index is 0.0462. The topological polar surface area (TPSA) is 120 Å². The number of anilines is 1. The largest absolute Gasteiger partial charge is 0.351 e. The Balaban J connectivity index is 1.10. The Morgan fingerprint density at radius 3 is 2.73 bits per heavy atom. The van der Waals surface area contributed by atoms with Gasteiger partial charge in [-0.05, 0) is 51.2 Å². The summed E-state index contributed by atoms with van der Waals surface area (Å²) in [6.07, 6.45) is 5.20. The number of rotatable bonds is 5. The van der Waals surface area contributed by atoms with Gasteiger partial charge < -0.3 is 14.8 Å². The van der Waals surface area contributed by atoms with Crippen molar-refractivity contribution < 1.29 is 4.79 Å². The lowest BCUT2D eigenvalue weighted by Crippen LogP contribution is -2.43. The highest BCUT2D eigenvalue weighted by atomic mass is 16.2. The average Bonchev–Trinajstić information content (AvgIpc) is 3.52. The van der Waals surface area contributed by atoms with E-state index >= 15 is 0 Å². The van der Waals surface area contributed by atoms with Gasteiger partial charge in [-0.25, -0.2) is 4.98 Å². The normalized spacial score (nSPS) is 19.6. The molecular formula is C26H30N10O. The zero-order valence-corrected chi connectivity index (χ0v) is 21.1. The number of nitrogens with zero attached hydrogens (tertiary/aromatic N) is 9. The number of aryl methyl sites for hydroxylation is 1. The minimum Gasteiger partial charge on any atom is -0.351 e. The first-order valence-corrected chi connectivity index (χ1v) is 12.8. The predicted molar refractivity (Wildman–Crippen MR) is 139 cm³/mol. The molecular weight excluding hydrogens is 468 g/mol. The number of carbonyl (C=O) groups excluding carboxylic acids is 1. The van der Waals surface area contributed by atoms with Crippen LogP contribution in [0.2, 0.25) is 0 Å². The van der Waals surface area contributed by atoms with Crippen molar-refractivity contribution in [2.45, 2.75) is 58.7 Å². The molecule has 1 aromatic carbocycles. The molecule has 0 atom stereocenters. The van der Waals surface area contributed by atoms with Crippen LogP contribution in [0.15, 0.2) is 37.0 Å². The van der Waals surface area contributed by atoms with E-state index < -0.39 is 0 Å². The van der Waals surface area contributed by atoms with E-state index in [2.05, 4.69) is 42.0 Å². The van der Waals surface area contributed by atoms with Gasteiger partial charge in [-0.2, -0.15) is 9.67 Å². The molecule has 6 rings (SSSR count).